The monoisotopic (exact) mass is 268 g/mol. The van der Waals surface area contributed by atoms with Crippen LogP contribution in [0.5, 0.6) is 0 Å². The first-order valence-electron chi connectivity index (χ1n) is 5.39. The minimum atomic E-state index is 0.0633. The number of aromatic nitrogens is 3. The Morgan fingerprint density at radius 2 is 2.29 bits per heavy atom. The zero-order valence-corrected chi connectivity index (χ0v) is 11.8. The highest BCUT2D eigenvalue weighted by molar-refractivity contribution is 8.01. The molecule has 2 heterocycles. The van der Waals surface area contributed by atoms with E-state index in [2.05, 4.69) is 15.5 Å². The molecule has 0 amide bonds. The largest absolute Gasteiger partial charge is 0.327 e. The lowest BCUT2D eigenvalue weighted by Crippen LogP contribution is -2.22. The van der Waals surface area contributed by atoms with E-state index in [9.17, 15) is 0 Å². The fraction of sp³-hybridized carbons (Fsp3) is 0.455. The molecule has 0 saturated heterocycles. The Balaban J connectivity index is 2.18. The van der Waals surface area contributed by atoms with E-state index in [-0.39, 0.29) is 11.3 Å². The standard InChI is InChI=1S/C11H16N4S2/c1-7-6-16-11(14-7)17-10(8(2)12)9-4-13-15(3)5-9/h4-6,8,10H,12H2,1-3H3. The molecule has 2 N–H and O–H groups in total. The predicted octanol–water partition coefficient (Wildman–Crippen LogP) is 2.37. The molecule has 0 radical (unpaired) electrons. The average Bonchev–Trinajstić information content (AvgIpc) is 2.83. The molecule has 2 aromatic rings. The summed E-state index contributed by atoms with van der Waals surface area (Å²) < 4.78 is 2.87. The first-order chi connectivity index (χ1) is 8.06. The van der Waals surface area contributed by atoms with Crippen LogP contribution in [0.4, 0.5) is 0 Å². The summed E-state index contributed by atoms with van der Waals surface area (Å²) in [5, 5.41) is 6.46. The van der Waals surface area contributed by atoms with Gasteiger partial charge < -0.3 is 5.73 Å². The van der Waals surface area contributed by atoms with Crippen molar-refractivity contribution in [2.45, 2.75) is 29.5 Å². The summed E-state index contributed by atoms with van der Waals surface area (Å²) in [5.41, 5.74) is 8.27. The van der Waals surface area contributed by atoms with Crippen LogP contribution in [-0.2, 0) is 7.05 Å². The van der Waals surface area contributed by atoms with Gasteiger partial charge in [-0.15, -0.1) is 11.3 Å². The van der Waals surface area contributed by atoms with Crippen LogP contribution in [0.2, 0.25) is 0 Å². The minimum Gasteiger partial charge on any atom is -0.327 e. The average molecular weight is 268 g/mol. The van der Waals surface area contributed by atoms with Crippen molar-refractivity contribution in [3.63, 3.8) is 0 Å². The van der Waals surface area contributed by atoms with E-state index in [1.807, 2.05) is 33.3 Å². The first kappa shape index (κ1) is 12.6. The molecule has 0 spiro atoms. The van der Waals surface area contributed by atoms with E-state index in [0.717, 1.165) is 15.6 Å². The summed E-state index contributed by atoms with van der Waals surface area (Å²) in [6, 6.07) is 0.0633. The zero-order valence-electron chi connectivity index (χ0n) is 10.1. The van der Waals surface area contributed by atoms with E-state index < -0.39 is 0 Å². The van der Waals surface area contributed by atoms with Crippen molar-refractivity contribution >= 4 is 23.1 Å². The lowest BCUT2D eigenvalue weighted by Gasteiger charge is -2.17. The Morgan fingerprint density at radius 1 is 1.53 bits per heavy atom. The van der Waals surface area contributed by atoms with E-state index in [0.29, 0.717) is 0 Å². The van der Waals surface area contributed by atoms with Crippen LogP contribution in [-0.4, -0.2) is 20.8 Å². The molecular formula is C11H16N4S2. The molecule has 0 aromatic carbocycles. The fourth-order valence-electron chi connectivity index (χ4n) is 1.56. The van der Waals surface area contributed by atoms with Crippen LogP contribution in [0.1, 0.15) is 23.4 Å². The summed E-state index contributed by atoms with van der Waals surface area (Å²) in [5.74, 6) is 0. The maximum absolute atomic E-state index is 6.05. The van der Waals surface area contributed by atoms with E-state index in [1.54, 1.807) is 27.8 Å². The number of hydrogen-bond acceptors (Lipinski definition) is 5. The molecule has 92 valence electrons. The number of thioether (sulfide) groups is 1. The van der Waals surface area contributed by atoms with Crippen LogP contribution in [0.25, 0.3) is 0 Å². The van der Waals surface area contributed by atoms with Crippen molar-refractivity contribution < 1.29 is 0 Å². The van der Waals surface area contributed by atoms with Crippen molar-refractivity contribution in [1.29, 1.82) is 0 Å². The van der Waals surface area contributed by atoms with Crippen molar-refractivity contribution in [3.05, 3.63) is 29.0 Å². The summed E-state index contributed by atoms with van der Waals surface area (Å²) >= 11 is 3.38. The second kappa shape index (κ2) is 5.20. The molecule has 2 unspecified atom stereocenters. The van der Waals surface area contributed by atoms with Gasteiger partial charge in [-0.05, 0) is 13.8 Å². The molecule has 6 heteroatoms. The van der Waals surface area contributed by atoms with Crippen molar-refractivity contribution in [2.75, 3.05) is 0 Å². The Labute approximate surface area is 109 Å². The van der Waals surface area contributed by atoms with Gasteiger partial charge in [0.1, 0.15) is 0 Å². The summed E-state index contributed by atoms with van der Waals surface area (Å²) in [7, 11) is 1.92. The fourth-order valence-corrected chi connectivity index (χ4v) is 3.65. The molecule has 0 bridgehead atoms. The van der Waals surface area contributed by atoms with Crippen molar-refractivity contribution in [3.8, 4) is 0 Å². The number of thiazole rings is 1. The second-order valence-corrected chi connectivity index (χ2v) is 6.35. The molecule has 0 aliphatic heterocycles. The van der Waals surface area contributed by atoms with Gasteiger partial charge in [-0.2, -0.15) is 5.10 Å². The van der Waals surface area contributed by atoms with Gasteiger partial charge in [-0.25, -0.2) is 4.98 Å². The number of rotatable bonds is 4. The zero-order chi connectivity index (χ0) is 12.4. The van der Waals surface area contributed by atoms with Crippen LogP contribution < -0.4 is 5.73 Å². The Hall–Kier alpha value is -0.850. The third kappa shape index (κ3) is 3.08. The van der Waals surface area contributed by atoms with E-state index in [4.69, 9.17) is 5.73 Å². The Bertz CT molecular complexity index is 489. The van der Waals surface area contributed by atoms with Gasteiger partial charge in [-0.1, -0.05) is 11.8 Å². The van der Waals surface area contributed by atoms with Gasteiger partial charge >= 0.3 is 0 Å². The van der Waals surface area contributed by atoms with Crippen LogP contribution in [0, 0.1) is 6.92 Å². The predicted molar refractivity (Wildman–Crippen MR) is 72.3 cm³/mol. The van der Waals surface area contributed by atoms with Gasteiger partial charge in [0, 0.05) is 35.9 Å². The third-order valence-corrected chi connectivity index (χ3v) is 4.93. The summed E-state index contributed by atoms with van der Waals surface area (Å²) in [4.78, 5) is 4.46. The van der Waals surface area contributed by atoms with Crippen LogP contribution >= 0.6 is 23.1 Å². The van der Waals surface area contributed by atoms with Crippen LogP contribution in [0.3, 0.4) is 0 Å². The van der Waals surface area contributed by atoms with Crippen LogP contribution in [0.15, 0.2) is 22.1 Å². The SMILES string of the molecule is Cc1csc(SC(c2cnn(C)c2)C(C)N)n1. The van der Waals surface area contributed by atoms with Gasteiger partial charge in [0.25, 0.3) is 0 Å². The lowest BCUT2D eigenvalue weighted by molar-refractivity contribution is 0.718. The molecule has 2 rings (SSSR count). The maximum Gasteiger partial charge on any atom is 0.150 e. The number of aryl methyl sites for hydroxylation is 2. The maximum atomic E-state index is 6.05. The molecule has 2 aromatic heterocycles. The Morgan fingerprint density at radius 3 is 2.76 bits per heavy atom. The lowest BCUT2D eigenvalue weighted by atomic mass is 10.1. The van der Waals surface area contributed by atoms with E-state index >= 15 is 0 Å². The third-order valence-electron chi connectivity index (χ3n) is 2.36. The van der Waals surface area contributed by atoms with Gasteiger partial charge in [0.2, 0.25) is 0 Å². The molecule has 2 atom stereocenters. The minimum absolute atomic E-state index is 0.0633. The highest BCUT2D eigenvalue weighted by Crippen LogP contribution is 2.38. The first-order valence-corrected chi connectivity index (χ1v) is 7.15. The van der Waals surface area contributed by atoms with E-state index in [1.165, 1.54) is 0 Å². The topological polar surface area (TPSA) is 56.7 Å². The van der Waals surface area contributed by atoms with Gasteiger partial charge in [0.05, 0.1) is 11.4 Å². The van der Waals surface area contributed by atoms with Gasteiger partial charge in [-0.3, -0.25) is 4.68 Å². The normalized spacial score (nSPS) is 14.8. The number of hydrogen-bond donors (Lipinski definition) is 1. The summed E-state index contributed by atoms with van der Waals surface area (Å²) in [6.45, 7) is 4.02. The molecule has 17 heavy (non-hydrogen) atoms. The second-order valence-electron chi connectivity index (χ2n) is 4.10. The summed E-state index contributed by atoms with van der Waals surface area (Å²) in [6.07, 6.45) is 3.89. The molecule has 0 aliphatic carbocycles. The number of nitrogens with two attached hydrogens (primary N) is 1. The molecule has 0 aliphatic rings. The molecule has 0 fully saturated rings. The smallest absolute Gasteiger partial charge is 0.150 e. The molecular weight excluding hydrogens is 252 g/mol. The quantitative estimate of drug-likeness (QED) is 0.865. The molecule has 0 saturated carbocycles. The van der Waals surface area contributed by atoms with Crippen molar-refractivity contribution in [2.24, 2.45) is 12.8 Å². The highest BCUT2D eigenvalue weighted by Gasteiger charge is 2.20. The molecule has 4 nitrogen and oxygen atoms in total. The Kier molecular flexibility index (Phi) is 3.86. The highest BCUT2D eigenvalue weighted by atomic mass is 32.2. The number of nitrogens with zero attached hydrogens (tertiary/aromatic N) is 3. The van der Waals surface area contributed by atoms with Crippen molar-refractivity contribution in [1.82, 2.24) is 14.8 Å². The van der Waals surface area contributed by atoms with Gasteiger partial charge in [0.15, 0.2) is 4.34 Å².